The van der Waals surface area contributed by atoms with Crippen LogP contribution >= 0.6 is 11.8 Å². The van der Waals surface area contributed by atoms with Crippen LogP contribution in [0.3, 0.4) is 0 Å². The normalized spacial score (nSPS) is 10.9. The van der Waals surface area contributed by atoms with Crippen molar-refractivity contribution in [2.24, 2.45) is 7.05 Å². The van der Waals surface area contributed by atoms with Crippen molar-refractivity contribution in [2.75, 3.05) is 27.9 Å². The van der Waals surface area contributed by atoms with Gasteiger partial charge < -0.3 is 14.2 Å². The highest BCUT2D eigenvalue weighted by Gasteiger charge is 2.20. The van der Waals surface area contributed by atoms with Gasteiger partial charge in [0.25, 0.3) is 0 Å². The molecule has 0 amide bonds. The zero-order chi connectivity index (χ0) is 20.8. The summed E-state index contributed by atoms with van der Waals surface area (Å²) in [5.74, 6) is 1.50. The quantitative estimate of drug-likeness (QED) is 0.387. The molecule has 9 nitrogen and oxygen atoms in total. The molecule has 0 aliphatic rings. The van der Waals surface area contributed by atoms with Crippen LogP contribution in [0.15, 0.2) is 35.6 Å². The summed E-state index contributed by atoms with van der Waals surface area (Å²) >= 11 is 1.56. The molecule has 29 heavy (non-hydrogen) atoms. The van der Waals surface area contributed by atoms with E-state index in [4.69, 9.17) is 14.2 Å². The van der Waals surface area contributed by atoms with Gasteiger partial charge in [-0.1, -0.05) is 23.9 Å². The summed E-state index contributed by atoms with van der Waals surface area (Å²) in [6.45, 7) is 1.12. The van der Waals surface area contributed by atoms with E-state index in [1.54, 1.807) is 42.8 Å². The van der Waals surface area contributed by atoms with E-state index in [0.29, 0.717) is 36.2 Å². The lowest BCUT2D eigenvalue weighted by molar-refractivity contribution is 0.0600. The molecule has 0 spiro atoms. The monoisotopic (exact) mass is 417 g/mol. The Morgan fingerprint density at radius 1 is 1.14 bits per heavy atom. The average molecular weight is 417 g/mol. The first kappa shape index (κ1) is 20.9. The summed E-state index contributed by atoms with van der Waals surface area (Å²) in [6.07, 6.45) is 1.85. The van der Waals surface area contributed by atoms with E-state index in [2.05, 4.69) is 15.3 Å². The number of aryl methyl sites for hydroxylation is 1. The van der Waals surface area contributed by atoms with Gasteiger partial charge in [-0.25, -0.2) is 4.79 Å². The van der Waals surface area contributed by atoms with E-state index in [1.165, 1.54) is 7.11 Å². The van der Waals surface area contributed by atoms with E-state index < -0.39 is 0 Å². The number of benzene rings is 1. The zero-order valence-corrected chi connectivity index (χ0v) is 17.6. The van der Waals surface area contributed by atoms with Crippen molar-refractivity contribution in [3.63, 3.8) is 0 Å². The summed E-state index contributed by atoms with van der Waals surface area (Å²) in [7, 11) is 6.43. The van der Waals surface area contributed by atoms with Gasteiger partial charge >= 0.3 is 5.97 Å². The number of carbonyl (C=O) groups excluding carboxylic acids is 1. The standard InChI is InChI=1S/C19H23N5O4S/c1-23-11-15(17(22-23)27-3)16-20-21-19(24(16)9-10-26-2)29-12-13-5-7-14(8-6-13)18(25)28-4/h5-8,11H,9-10,12H2,1-4H3. The second kappa shape index (κ2) is 9.57. The molecular weight excluding hydrogens is 394 g/mol. The van der Waals surface area contributed by atoms with Gasteiger partial charge in [-0.3, -0.25) is 9.25 Å². The molecule has 10 heteroatoms. The molecule has 0 fully saturated rings. The number of ether oxygens (including phenoxy) is 3. The van der Waals surface area contributed by atoms with Crippen molar-refractivity contribution in [2.45, 2.75) is 17.5 Å². The minimum atomic E-state index is -0.349. The number of esters is 1. The Bertz CT molecular complexity index is 968. The molecule has 3 rings (SSSR count). The Morgan fingerprint density at radius 3 is 2.55 bits per heavy atom. The first-order valence-electron chi connectivity index (χ1n) is 8.87. The molecule has 0 saturated carbocycles. The van der Waals surface area contributed by atoms with Crippen molar-refractivity contribution in [3.05, 3.63) is 41.6 Å². The van der Waals surface area contributed by atoms with Crippen LogP contribution in [-0.2, 0) is 28.8 Å². The first-order valence-corrected chi connectivity index (χ1v) is 9.86. The maximum atomic E-state index is 11.6. The van der Waals surface area contributed by atoms with Gasteiger partial charge in [0.1, 0.15) is 5.56 Å². The van der Waals surface area contributed by atoms with Crippen LogP contribution in [0, 0.1) is 0 Å². The van der Waals surface area contributed by atoms with Crippen LogP contribution in [-0.4, -0.2) is 58.5 Å². The number of nitrogens with zero attached hydrogens (tertiary/aromatic N) is 5. The molecule has 0 atom stereocenters. The van der Waals surface area contributed by atoms with Crippen LogP contribution in [0.4, 0.5) is 0 Å². The van der Waals surface area contributed by atoms with Gasteiger partial charge in [0, 0.05) is 26.1 Å². The third kappa shape index (κ3) is 4.77. The summed E-state index contributed by atoms with van der Waals surface area (Å²) in [4.78, 5) is 11.6. The predicted octanol–water partition coefficient (Wildman–Crippen LogP) is 2.41. The SMILES string of the molecule is COCCn1c(SCc2ccc(C(=O)OC)cc2)nnc1-c1cn(C)nc1OC. The van der Waals surface area contributed by atoms with Crippen LogP contribution in [0.5, 0.6) is 5.88 Å². The number of thioether (sulfide) groups is 1. The zero-order valence-electron chi connectivity index (χ0n) is 16.8. The Balaban J connectivity index is 1.82. The molecule has 0 aliphatic heterocycles. The maximum Gasteiger partial charge on any atom is 0.337 e. The smallest absolute Gasteiger partial charge is 0.337 e. The highest BCUT2D eigenvalue weighted by atomic mass is 32.2. The number of methoxy groups -OCH3 is 3. The topological polar surface area (TPSA) is 93.3 Å². The molecular formula is C19H23N5O4S. The summed E-state index contributed by atoms with van der Waals surface area (Å²) in [5.41, 5.74) is 2.35. The second-order valence-electron chi connectivity index (χ2n) is 6.15. The number of hydrogen-bond donors (Lipinski definition) is 0. The largest absolute Gasteiger partial charge is 0.479 e. The fraction of sp³-hybridized carbons (Fsp3) is 0.368. The fourth-order valence-electron chi connectivity index (χ4n) is 2.75. The Hall–Kier alpha value is -2.85. The van der Waals surface area contributed by atoms with E-state index >= 15 is 0 Å². The van der Waals surface area contributed by atoms with E-state index in [9.17, 15) is 4.79 Å². The molecule has 154 valence electrons. The van der Waals surface area contributed by atoms with Crippen molar-refractivity contribution in [1.29, 1.82) is 0 Å². The molecule has 0 aliphatic carbocycles. The molecule has 0 N–H and O–H groups in total. The van der Waals surface area contributed by atoms with Crippen molar-refractivity contribution >= 4 is 17.7 Å². The van der Waals surface area contributed by atoms with Gasteiger partial charge in [0.05, 0.1) is 32.9 Å². The molecule has 0 bridgehead atoms. The lowest BCUT2D eigenvalue weighted by Gasteiger charge is -2.09. The van der Waals surface area contributed by atoms with Gasteiger partial charge in [0.15, 0.2) is 11.0 Å². The Labute approximate surface area is 173 Å². The molecule has 1 aromatic carbocycles. The molecule has 0 saturated heterocycles. The maximum absolute atomic E-state index is 11.6. The van der Waals surface area contributed by atoms with Gasteiger partial charge in [-0.15, -0.1) is 15.3 Å². The Morgan fingerprint density at radius 2 is 1.90 bits per heavy atom. The van der Waals surface area contributed by atoms with E-state index in [-0.39, 0.29) is 5.97 Å². The number of carbonyl (C=O) groups is 1. The van der Waals surface area contributed by atoms with Gasteiger partial charge in [-0.05, 0) is 17.7 Å². The highest BCUT2D eigenvalue weighted by molar-refractivity contribution is 7.98. The Kier molecular flexibility index (Phi) is 6.89. The molecule has 0 radical (unpaired) electrons. The third-order valence-electron chi connectivity index (χ3n) is 4.21. The predicted molar refractivity (Wildman–Crippen MR) is 108 cm³/mol. The molecule has 0 unspecified atom stereocenters. The fourth-order valence-corrected chi connectivity index (χ4v) is 3.67. The second-order valence-corrected chi connectivity index (χ2v) is 7.10. The highest BCUT2D eigenvalue weighted by Crippen LogP contribution is 2.31. The summed E-state index contributed by atoms with van der Waals surface area (Å²) in [6, 6.07) is 7.31. The molecule has 2 aromatic heterocycles. The van der Waals surface area contributed by atoms with Crippen LogP contribution < -0.4 is 4.74 Å². The minimum Gasteiger partial charge on any atom is -0.479 e. The lowest BCUT2D eigenvalue weighted by atomic mass is 10.1. The summed E-state index contributed by atoms with van der Waals surface area (Å²) in [5, 5.41) is 13.8. The summed E-state index contributed by atoms with van der Waals surface area (Å²) < 4.78 is 19.0. The van der Waals surface area contributed by atoms with Crippen molar-refractivity contribution in [3.8, 4) is 17.3 Å². The van der Waals surface area contributed by atoms with E-state index in [0.717, 1.165) is 16.3 Å². The van der Waals surface area contributed by atoms with Crippen LogP contribution in [0.1, 0.15) is 15.9 Å². The van der Waals surface area contributed by atoms with Crippen molar-refractivity contribution < 1.29 is 19.0 Å². The number of aromatic nitrogens is 5. The van der Waals surface area contributed by atoms with Gasteiger partial charge in [-0.2, -0.15) is 0 Å². The van der Waals surface area contributed by atoms with Crippen LogP contribution in [0.25, 0.3) is 11.4 Å². The molecule has 3 aromatic rings. The van der Waals surface area contributed by atoms with Crippen LogP contribution in [0.2, 0.25) is 0 Å². The number of hydrogen-bond acceptors (Lipinski definition) is 8. The molecule has 2 heterocycles. The lowest BCUT2D eigenvalue weighted by Crippen LogP contribution is -2.07. The van der Waals surface area contributed by atoms with Gasteiger partial charge in [0.2, 0.25) is 5.88 Å². The minimum absolute atomic E-state index is 0.349. The van der Waals surface area contributed by atoms with Crippen molar-refractivity contribution in [1.82, 2.24) is 24.5 Å². The first-order chi connectivity index (χ1) is 14.1. The van der Waals surface area contributed by atoms with E-state index in [1.807, 2.05) is 29.9 Å². The third-order valence-corrected chi connectivity index (χ3v) is 5.25. The number of rotatable bonds is 9. The average Bonchev–Trinajstić information content (AvgIpc) is 3.32.